The van der Waals surface area contributed by atoms with Crippen molar-refractivity contribution in [2.75, 3.05) is 6.54 Å². The summed E-state index contributed by atoms with van der Waals surface area (Å²) in [7, 11) is 0. The third-order valence-corrected chi connectivity index (χ3v) is 2.36. The van der Waals surface area contributed by atoms with Crippen LogP contribution in [0.3, 0.4) is 0 Å². The van der Waals surface area contributed by atoms with Crippen LogP contribution in [0.1, 0.15) is 25.5 Å². The fraction of sp³-hybridized carbons (Fsp3) is 0.636. The van der Waals surface area contributed by atoms with Crippen molar-refractivity contribution < 1.29 is 0 Å². The molecule has 0 aliphatic carbocycles. The smallest absolute Gasteiger partial charge is 0.0970 e. The standard InChI is InChI=1S/C11H18N4/c1-3-6-13-11(9-12)5-8-15-10(2)4-7-14-15/h4,7,11,13H,3,5-6,8H2,1-2H3. The Bertz CT molecular complexity index is 324. The molecule has 0 radical (unpaired) electrons. The van der Waals surface area contributed by atoms with Crippen LogP contribution in [0.25, 0.3) is 0 Å². The fourth-order valence-electron chi connectivity index (χ4n) is 1.42. The molecular formula is C11H18N4. The van der Waals surface area contributed by atoms with Gasteiger partial charge in [0.2, 0.25) is 0 Å². The fourth-order valence-corrected chi connectivity index (χ4v) is 1.42. The summed E-state index contributed by atoms with van der Waals surface area (Å²) in [4.78, 5) is 0. The van der Waals surface area contributed by atoms with Crippen LogP contribution >= 0.6 is 0 Å². The summed E-state index contributed by atoms with van der Waals surface area (Å²) in [5.41, 5.74) is 1.14. The third-order valence-electron chi connectivity index (χ3n) is 2.36. The lowest BCUT2D eigenvalue weighted by atomic mass is 10.2. The molecule has 1 N–H and O–H groups in total. The predicted octanol–water partition coefficient (Wildman–Crippen LogP) is 1.47. The highest BCUT2D eigenvalue weighted by molar-refractivity contribution is 4.97. The van der Waals surface area contributed by atoms with E-state index in [1.807, 2.05) is 17.7 Å². The van der Waals surface area contributed by atoms with Crippen LogP contribution in [0.5, 0.6) is 0 Å². The van der Waals surface area contributed by atoms with Crippen molar-refractivity contribution in [3.8, 4) is 6.07 Å². The first-order valence-corrected chi connectivity index (χ1v) is 5.39. The quantitative estimate of drug-likeness (QED) is 0.767. The molecule has 1 aromatic rings. The number of nitrogens with one attached hydrogen (secondary N) is 1. The Hall–Kier alpha value is -1.34. The lowest BCUT2D eigenvalue weighted by Crippen LogP contribution is -2.29. The Morgan fingerprint density at radius 2 is 2.47 bits per heavy atom. The number of hydrogen-bond donors (Lipinski definition) is 1. The van der Waals surface area contributed by atoms with E-state index < -0.39 is 0 Å². The summed E-state index contributed by atoms with van der Waals surface area (Å²) in [6.45, 7) is 5.82. The molecular weight excluding hydrogens is 188 g/mol. The van der Waals surface area contributed by atoms with Crippen molar-refractivity contribution >= 4 is 0 Å². The van der Waals surface area contributed by atoms with Crippen molar-refractivity contribution in [1.29, 1.82) is 5.26 Å². The van der Waals surface area contributed by atoms with E-state index in [4.69, 9.17) is 5.26 Å². The largest absolute Gasteiger partial charge is 0.302 e. The SMILES string of the molecule is CCCNC(C#N)CCn1nccc1C. The van der Waals surface area contributed by atoms with E-state index in [2.05, 4.69) is 23.4 Å². The monoisotopic (exact) mass is 206 g/mol. The second kappa shape index (κ2) is 6.20. The molecule has 0 bridgehead atoms. The molecule has 4 heteroatoms. The van der Waals surface area contributed by atoms with Gasteiger partial charge in [-0.3, -0.25) is 4.68 Å². The minimum atomic E-state index is -0.0615. The molecule has 0 aromatic carbocycles. The number of aryl methyl sites for hydroxylation is 2. The van der Waals surface area contributed by atoms with Crippen LogP contribution in [-0.2, 0) is 6.54 Å². The van der Waals surface area contributed by atoms with Crippen LogP contribution in [-0.4, -0.2) is 22.4 Å². The predicted molar refractivity (Wildman–Crippen MR) is 59.3 cm³/mol. The van der Waals surface area contributed by atoms with Crippen molar-refractivity contribution in [1.82, 2.24) is 15.1 Å². The van der Waals surface area contributed by atoms with Crippen LogP contribution < -0.4 is 5.32 Å². The molecule has 0 fully saturated rings. The van der Waals surface area contributed by atoms with Crippen molar-refractivity contribution in [2.24, 2.45) is 0 Å². The van der Waals surface area contributed by atoms with Gasteiger partial charge in [0.05, 0.1) is 12.1 Å². The van der Waals surface area contributed by atoms with Gasteiger partial charge in [0.1, 0.15) is 0 Å². The summed E-state index contributed by atoms with van der Waals surface area (Å²) in [6.07, 6.45) is 3.65. The molecule has 0 aliphatic heterocycles. The van der Waals surface area contributed by atoms with E-state index in [0.29, 0.717) is 0 Å². The Balaban J connectivity index is 2.35. The van der Waals surface area contributed by atoms with Gasteiger partial charge >= 0.3 is 0 Å². The molecule has 15 heavy (non-hydrogen) atoms. The van der Waals surface area contributed by atoms with Gasteiger partial charge in [0.15, 0.2) is 0 Å². The van der Waals surface area contributed by atoms with E-state index >= 15 is 0 Å². The molecule has 82 valence electrons. The lowest BCUT2D eigenvalue weighted by molar-refractivity contribution is 0.487. The van der Waals surface area contributed by atoms with Gasteiger partial charge in [-0.05, 0) is 32.4 Å². The average molecular weight is 206 g/mol. The maximum absolute atomic E-state index is 8.91. The second-order valence-corrected chi connectivity index (χ2v) is 3.62. The molecule has 1 heterocycles. The molecule has 1 aromatic heterocycles. The zero-order valence-electron chi connectivity index (χ0n) is 9.40. The summed E-state index contributed by atoms with van der Waals surface area (Å²) in [5.74, 6) is 0. The number of nitrogens with zero attached hydrogens (tertiary/aromatic N) is 3. The summed E-state index contributed by atoms with van der Waals surface area (Å²) in [6, 6.07) is 4.18. The van der Waals surface area contributed by atoms with Crippen LogP contribution in [0, 0.1) is 18.3 Å². The normalized spacial score (nSPS) is 12.3. The zero-order valence-corrected chi connectivity index (χ0v) is 9.40. The highest BCUT2D eigenvalue weighted by Crippen LogP contribution is 2.00. The molecule has 0 saturated carbocycles. The molecule has 0 spiro atoms. The maximum atomic E-state index is 8.91. The van der Waals surface area contributed by atoms with Crippen LogP contribution in [0.2, 0.25) is 0 Å². The number of nitriles is 1. The van der Waals surface area contributed by atoms with E-state index in [1.54, 1.807) is 6.20 Å². The van der Waals surface area contributed by atoms with Gasteiger partial charge in [0, 0.05) is 18.4 Å². The molecule has 0 saturated heterocycles. The molecule has 1 atom stereocenters. The number of rotatable bonds is 6. The maximum Gasteiger partial charge on any atom is 0.0970 e. The summed E-state index contributed by atoms with van der Waals surface area (Å²) in [5, 5.41) is 16.3. The summed E-state index contributed by atoms with van der Waals surface area (Å²) < 4.78 is 1.93. The molecule has 1 unspecified atom stereocenters. The minimum Gasteiger partial charge on any atom is -0.302 e. The zero-order chi connectivity index (χ0) is 11.1. The van der Waals surface area contributed by atoms with E-state index in [-0.39, 0.29) is 6.04 Å². The second-order valence-electron chi connectivity index (χ2n) is 3.62. The van der Waals surface area contributed by atoms with Gasteiger partial charge in [-0.15, -0.1) is 0 Å². The lowest BCUT2D eigenvalue weighted by Gasteiger charge is -2.11. The first kappa shape index (κ1) is 11.7. The van der Waals surface area contributed by atoms with Gasteiger partial charge in [-0.2, -0.15) is 10.4 Å². The van der Waals surface area contributed by atoms with Crippen molar-refractivity contribution in [3.63, 3.8) is 0 Å². The van der Waals surface area contributed by atoms with Crippen molar-refractivity contribution in [3.05, 3.63) is 18.0 Å². The molecule has 1 rings (SSSR count). The Morgan fingerprint density at radius 1 is 1.67 bits per heavy atom. The third kappa shape index (κ3) is 3.72. The van der Waals surface area contributed by atoms with E-state index in [9.17, 15) is 0 Å². The van der Waals surface area contributed by atoms with Gasteiger partial charge in [0.25, 0.3) is 0 Å². The first-order chi connectivity index (χ1) is 7.27. The summed E-state index contributed by atoms with van der Waals surface area (Å²) >= 11 is 0. The Labute approximate surface area is 90.9 Å². The highest BCUT2D eigenvalue weighted by atomic mass is 15.3. The number of hydrogen-bond acceptors (Lipinski definition) is 3. The van der Waals surface area contributed by atoms with Gasteiger partial charge in [-0.25, -0.2) is 0 Å². The van der Waals surface area contributed by atoms with E-state index in [0.717, 1.165) is 31.6 Å². The minimum absolute atomic E-state index is 0.0615. The van der Waals surface area contributed by atoms with E-state index in [1.165, 1.54) is 0 Å². The van der Waals surface area contributed by atoms with Crippen LogP contribution in [0.4, 0.5) is 0 Å². The van der Waals surface area contributed by atoms with Crippen molar-refractivity contribution in [2.45, 2.75) is 39.3 Å². The molecule has 0 amide bonds. The van der Waals surface area contributed by atoms with Crippen LogP contribution in [0.15, 0.2) is 12.3 Å². The topological polar surface area (TPSA) is 53.6 Å². The Kier molecular flexibility index (Phi) is 4.85. The molecule has 0 aliphatic rings. The van der Waals surface area contributed by atoms with Gasteiger partial charge in [-0.1, -0.05) is 6.92 Å². The Morgan fingerprint density at radius 3 is 3.00 bits per heavy atom. The van der Waals surface area contributed by atoms with Gasteiger partial charge < -0.3 is 5.32 Å². The highest BCUT2D eigenvalue weighted by Gasteiger charge is 2.06. The molecule has 4 nitrogen and oxygen atoms in total. The first-order valence-electron chi connectivity index (χ1n) is 5.39. The average Bonchev–Trinajstić information content (AvgIpc) is 2.65. The number of aromatic nitrogens is 2.